The van der Waals surface area contributed by atoms with Crippen molar-refractivity contribution in [3.63, 3.8) is 0 Å². The average Bonchev–Trinajstić information content (AvgIpc) is 2.18. The molecular formula is C14H28N2O2. The molecule has 1 aliphatic heterocycles. The molecule has 1 heterocycles. The summed E-state index contributed by atoms with van der Waals surface area (Å²) < 4.78 is 0. The molecule has 1 fully saturated rings. The molecule has 4 nitrogen and oxygen atoms in total. The molecule has 0 aliphatic carbocycles. The van der Waals surface area contributed by atoms with Crippen molar-refractivity contribution in [3.05, 3.63) is 0 Å². The van der Waals surface area contributed by atoms with Crippen LogP contribution in [0.5, 0.6) is 0 Å². The zero-order valence-corrected chi connectivity index (χ0v) is 12.4. The Morgan fingerprint density at radius 3 is 2.28 bits per heavy atom. The third-order valence-electron chi connectivity index (χ3n) is 4.17. The van der Waals surface area contributed by atoms with Crippen LogP contribution in [0.25, 0.3) is 0 Å². The molecule has 1 aliphatic rings. The van der Waals surface area contributed by atoms with E-state index in [2.05, 4.69) is 44.8 Å². The van der Waals surface area contributed by atoms with Crippen LogP contribution in [0.4, 0.5) is 0 Å². The van der Waals surface area contributed by atoms with Gasteiger partial charge in [0.15, 0.2) is 0 Å². The number of carboxylic acid groups (broad SMARTS) is 1. The first-order chi connectivity index (χ1) is 8.24. The van der Waals surface area contributed by atoms with Gasteiger partial charge in [-0.15, -0.1) is 0 Å². The van der Waals surface area contributed by atoms with Crippen LogP contribution in [-0.4, -0.2) is 61.2 Å². The van der Waals surface area contributed by atoms with Gasteiger partial charge < -0.3 is 14.9 Å². The Hall–Kier alpha value is -0.610. The van der Waals surface area contributed by atoms with E-state index in [0.29, 0.717) is 12.0 Å². The number of hydrogen-bond donors (Lipinski definition) is 1. The number of likely N-dealkylation sites (tertiary alicyclic amines) is 1. The molecule has 1 rings (SSSR count). The van der Waals surface area contributed by atoms with E-state index in [4.69, 9.17) is 5.11 Å². The maximum atomic E-state index is 11.1. The lowest BCUT2D eigenvalue weighted by Crippen LogP contribution is -2.50. The van der Waals surface area contributed by atoms with Crippen molar-refractivity contribution in [2.75, 3.05) is 34.2 Å². The summed E-state index contributed by atoms with van der Waals surface area (Å²) in [6.45, 7) is 6.42. The monoisotopic (exact) mass is 256 g/mol. The molecule has 0 amide bonds. The van der Waals surface area contributed by atoms with Gasteiger partial charge in [-0.2, -0.15) is 0 Å². The molecule has 0 spiro atoms. The van der Waals surface area contributed by atoms with Gasteiger partial charge in [-0.3, -0.25) is 4.79 Å². The van der Waals surface area contributed by atoms with E-state index >= 15 is 0 Å². The fourth-order valence-electron chi connectivity index (χ4n) is 3.60. The Morgan fingerprint density at radius 1 is 1.39 bits per heavy atom. The van der Waals surface area contributed by atoms with Crippen molar-refractivity contribution in [3.8, 4) is 0 Å². The molecule has 0 aromatic rings. The second kappa shape index (κ2) is 6.02. The van der Waals surface area contributed by atoms with Crippen molar-refractivity contribution in [1.82, 2.24) is 9.80 Å². The van der Waals surface area contributed by atoms with Crippen LogP contribution in [-0.2, 0) is 4.79 Å². The molecule has 1 atom stereocenters. The Morgan fingerprint density at radius 2 is 1.89 bits per heavy atom. The van der Waals surface area contributed by atoms with Crippen molar-refractivity contribution >= 4 is 5.97 Å². The SMILES string of the molecule is CN1CCC(C(N(C)C)C(C)(C)CC(=O)O)CC1. The van der Waals surface area contributed by atoms with Gasteiger partial charge in [0.1, 0.15) is 0 Å². The van der Waals surface area contributed by atoms with Gasteiger partial charge in [-0.25, -0.2) is 0 Å². The lowest BCUT2D eigenvalue weighted by Gasteiger charge is -2.45. The zero-order valence-electron chi connectivity index (χ0n) is 12.4. The van der Waals surface area contributed by atoms with Crippen molar-refractivity contribution in [2.24, 2.45) is 11.3 Å². The summed E-state index contributed by atoms with van der Waals surface area (Å²) in [4.78, 5) is 15.6. The molecule has 0 radical (unpaired) electrons. The number of hydrogen-bond acceptors (Lipinski definition) is 3. The van der Waals surface area contributed by atoms with Gasteiger partial charge in [0, 0.05) is 6.04 Å². The summed E-state index contributed by atoms with van der Waals surface area (Å²) in [7, 11) is 6.31. The largest absolute Gasteiger partial charge is 0.481 e. The maximum Gasteiger partial charge on any atom is 0.303 e. The second-order valence-electron chi connectivity index (χ2n) is 6.61. The van der Waals surface area contributed by atoms with Crippen LogP contribution in [0.1, 0.15) is 33.1 Å². The zero-order chi connectivity index (χ0) is 13.9. The molecule has 0 saturated carbocycles. The van der Waals surface area contributed by atoms with Crippen LogP contribution in [0.15, 0.2) is 0 Å². The molecule has 18 heavy (non-hydrogen) atoms. The first kappa shape index (κ1) is 15.4. The average molecular weight is 256 g/mol. The summed E-state index contributed by atoms with van der Waals surface area (Å²) in [6.07, 6.45) is 2.58. The number of aliphatic carboxylic acids is 1. The highest BCUT2D eigenvalue weighted by Gasteiger charge is 2.39. The van der Waals surface area contributed by atoms with Crippen LogP contribution in [0.2, 0.25) is 0 Å². The predicted octanol–water partition coefficient (Wildman–Crippen LogP) is 1.76. The normalized spacial score (nSPS) is 21.2. The first-order valence-corrected chi connectivity index (χ1v) is 6.81. The van der Waals surface area contributed by atoms with Gasteiger partial charge >= 0.3 is 5.97 Å². The van der Waals surface area contributed by atoms with Gasteiger partial charge in [0.25, 0.3) is 0 Å². The van der Waals surface area contributed by atoms with E-state index in [1.54, 1.807) is 0 Å². The molecule has 0 aromatic heterocycles. The lowest BCUT2D eigenvalue weighted by molar-refractivity contribution is -0.140. The minimum absolute atomic E-state index is 0.185. The predicted molar refractivity (Wildman–Crippen MR) is 73.7 cm³/mol. The van der Waals surface area contributed by atoms with Crippen molar-refractivity contribution in [2.45, 2.75) is 39.2 Å². The second-order valence-corrected chi connectivity index (χ2v) is 6.61. The number of carbonyl (C=O) groups is 1. The van der Waals surface area contributed by atoms with E-state index < -0.39 is 5.97 Å². The van der Waals surface area contributed by atoms with E-state index in [1.807, 2.05) is 0 Å². The Bertz CT molecular complexity index is 282. The number of carboxylic acids is 1. The summed E-state index contributed by atoms with van der Waals surface area (Å²) in [5, 5.41) is 9.09. The quantitative estimate of drug-likeness (QED) is 0.814. The smallest absolute Gasteiger partial charge is 0.303 e. The van der Waals surface area contributed by atoms with Gasteiger partial charge in [-0.1, -0.05) is 13.8 Å². The third-order valence-corrected chi connectivity index (χ3v) is 4.17. The molecule has 0 bridgehead atoms. The molecule has 0 aromatic carbocycles. The highest BCUT2D eigenvalue weighted by atomic mass is 16.4. The minimum Gasteiger partial charge on any atom is -0.481 e. The van der Waals surface area contributed by atoms with Crippen LogP contribution in [0, 0.1) is 11.3 Å². The van der Waals surface area contributed by atoms with Gasteiger partial charge in [0.05, 0.1) is 6.42 Å². The third kappa shape index (κ3) is 3.95. The topological polar surface area (TPSA) is 43.8 Å². The van der Waals surface area contributed by atoms with Gasteiger partial charge in [-0.05, 0) is 58.4 Å². The molecule has 4 heteroatoms. The highest BCUT2D eigenvalue weighted by Crippen LogP contribution is 2.37. The van der Waals surface area contributed by atoms with Crippen LogP contribution >= 0.6 is 0 Å². The molecular weight excluding hydrogens is 228 g/mol. The van der Waals surface area contributed by atoms with Crippen molar-refractivity contribution in [1.29, 1.82) is 0 Å². The van der Waals surface area contributed by atoms with E-state index in [-0.39, 0.29) is 11.8 Å². The standard InChI is InChI=1S/C14H28N2O2/c1-14(2,10-12(17)18)13(15(3)4)11-6-8-16(5)9-7-11/h11,13H,6-10H2,1-5H3,(H,17,18). The molecule has 1 N–H and O–H groups in total. The summed E-state index contributed by atoms with van der Waals surface area (Å²) in [6, 6.07) is 0.335. The highest BCUT2D eigenvalue weighted by molar-refractivity contribution is 5.67. The fraction of sp³-hybridized carbons (Fsp3) is 0.929. The molecule has 1 saturated heterocycles. The first-order valence-electron chi connectivity index (χ1n) is 6.81. The van der Waals surface area contributed by atoms with E-state index in [9.17, 15) is 4.79 Å². The van der Waals surface area contributed by atoms with Crippen molar-refractivity contribution < 1.29 is 9.90 Å². The maximum absolute atomic E-state index is 11.1. The Kier molecular flexibility index (Phi) is 5.17. The minimum atomic E-state index is -0.695. The number of rotatable bonds is 5. The summed E-state index contributed by atoms with van der Waals surface area (Å²) in [5.41, 5.74) is -0.185. The fourth-order valence-corrected chi connectivity index (χ4v) is 3.60. The van der Waals surface area contributed by atoms with Crippen LogP contribution in [0.3, 0.4) is 0 Å². The molecule has 1 unspecified atom stereocenters. The summed E-state index contributed by atoms with van der Waals surface area (Å²) >= 11 is 0. The van der Waals surface area contributed by atoms with Crippen LogP contribution < -0.4 is 0 Å². The summed E-state index contributed by atoms with van der Waals surface area (Å²) in [5.74, 6) is -0.0923. The Labute approximate surface area is 111 Å². The Balaban J connectivity index is 2.78. The number of nitrogens with zero attached hydrogens (tertiary/aromatic N) is 2. The number of piperidine rings is 1. The van der Waals surface area contributed by atoms with E-state index in [0.717, 1.165) is 13.1 Å². The lowest BCUT2D eigenvalue weighted by atomic mass is 9.71. The van der Waals surface area contributed by atoms with Gasteiger partial charge in [0.2, 0.25) is 0 Å². The van der Waals surface area contributed by atoms with E-state index in [1.165, 1.54) is 12.8 Å². The molecule has 106 valence electrons.